The molecular weight excluding hydrogens is 270 g/mol. The second-order valence-corrected chi connectivity index (χ2v) is 4.53. The number of carbonyl (C=O) groups excluding carboxylic acids is 2. The van der Waals surface area contributed by atoms with E-state index in [1.165, 1.54) is 25.3 Å². The minimum Gasteiger partial charge on any atom is -0.508 e. The maximum absolute atomic E-state index is 12.1. The van der Waals surface area contributed by atoms with Crippen LogP contribution in [0.2, 0.25) is 0 Å². The van der Waals surface area contributed by atoms with Gasteiger partial charge in [-0.2, -0.15) is 0 Å². The number of nitrogens with one attached hydrogen (secondary N) is 1. The molecule has 0 aliphatic rings. The van der Waals surface area contributed by atoms with E-state index >= 15 is 0 Å². The zero-order valence-corrected chi connectivity index (χ0v) is 11.7. The van der Waals surface area contributed by atoms with Crippen LogP contribution in [0, 0.1) is 6.92 Å². The Morgan fingerprint density at radius 2 is 1.86 bits per heavy atom. The third-order valence-electron chi connectivity index (χ3n) is 3.00. The highest BCUT2D eigenvalue weighted by molar-refractivity contribution is 6.05. The van der Waals surface area contributed by atoms with Crippen molar-refractivity contribution in [2.75, 3.05) is 12.4 Å². The Morgan fingerprint density at radius 1 is 1.10 bits per heavy atom. The van der Waals surface area contributed by atoms with E-state index in [9.17, 15) is 14.7 Å². The minimum absolute atomic E-state index is 0.138. The van der Waals surface area contributed by atoms with Gasteiger partial charge >= 0.3 is 5.97 Å². The summed E-state index contributed by atoms with van der Waals surface area (Å²) < 4.78 is 4.63. The number of anilines is 1. The van der Waals surface area contributed by atoms with E-state index in [0.717, 1.165) is 0 Å². The van der Waals surface area contributed by atoms with Crippen LogP contribution in [0.25, 0.3) is 0 Å². The van der Waals surface area contributed by atoms with Gasteiger partial charge in [-0.1, -0.05) is 6.07 Å². The average molecular weight is 285 g/mol. The Morgan fingerprint density at radius 3 is 2.52 bits per heavy atom. The number of phenols is 1. The monoisotopic (exact) mass is 285 g/mol. The molecule has 0 fully saturated rings. The summed E-state index contributed by atoms with van der Waals surface area (Å²) in [6.07, 6.45) is 0. The summed E-state index contributed by atoms with van der Waals surface area (Å²) in [6.45, 7) is 1.71. The molecule has 0 saturated heterocycles. The Bertz CT molecular complexity index is 694. The first kappa shape index (κ1) is 14.6. The molecule has 2 rings (SSSR count). The van der Waals surface area contributed by atoms with Crippen LogP contribution >= 0.6 is 0 Å². The van der Waals surface area contributed by atoms with Crippen molar-refractivity contribution in [2.24, 2.45) is 0 Å². The van der Waals surface area contributed by atoms with Crippen LogP contribution in [0.3, 0.4) is 0 Å². The maximum atomic E-state index is 12.1. The summed E-state index contributed by atoms with van der Waals surface area (Å²) in [5.41, 5.74) is 1.89. The highest BCUT2D eigenvalue weighted by atomic mass is 16.5. The van der Waals surface area contributed by atoms with Gasteiger partial charge in [-0.15, -0.1) is 0 Å². The van der Waals surface area contributed by atoms with Gasteiger partial charge in [0.2, 0.25) is 0 Å². The molecule has 108 valence electrons. The van der Waals surface area contributed by atoms with Crippen molar-refractivity contribution in [3.63, 3.8) is 0 Å². The van der Waals surface area contributed by atoms with E-state index in [-0.39, 0.29) is 11.7 Å². The van der Waals surface area contributed by atoms with Crippen LogP contribution in [0.4, 0.5) is 5.69 Å². The molecule has 0 heterocycles. The van der Waals surface area contributed by atoms with Crippen LogP contribution in [0.5, 0.6) is 5.75 Å². The van der Waals surface area contributed by atoms with Gasteiger partial charge in [0.05, 0.1) is 12.7 Å². The van der Waals surface area contributed by atoms with Gasteiger partial charge in [-0.05, 0) is 48.9 Å². The van der Waals surface area contributed by atoms with Crippen LogP contribution in [0.1, 0.15) is 26.3 Å². The first-order chi connectivity index (χ1) is 10.0. The lowest BCUT2D eigenvalue weighted by Gasteiger charge is -2.08. The number of phenolic OH excluding ortho intramolecular Hbond substituents is 1. The van der Waals surface area contributed by atoms with Gasteiger partial charge in [0.1, 0.15) is 5.75 Å². The van der Waals surface area contributed by atoms with E-state index in [0.29, 0.717) is 22.4 Å². The quantitative estimate of drug-likeness (QED) is 0.850. The Hall–Kier alpha value is -2.82. The lowest BCUT2D eigenvalue weighted by atomic mass is 10.1. The summed E-state index contributed by atoms with van der Waals surface area (Å²) in [5, 5.41) is 12.2. The van der Waals surface area contributed by atoms with Crippen molar-refractivity contribution in [1.29, 1.82) is 0 Å². The molecular formula is C16H15NO4. The molecule has 0 saturated carbocycles. The molecule has 0 spiro atoms. The highest BCUT2D eigenvalue weighted by Crippen LogP contribution is 2.18. The molecule has 1 amide bonds. The zero-order valence-electron chi connectivity index (χ0n) is 11.7. The van der Waals surface area contributed by atoms with Crippen molar-refractivity contribution in [3.8, 4) is 5.75 Å². The number of esters is 1. The molecule has 21 heavy (non-hydrogen) atoms. The van der Waals surface area contributed by atoms with Crippen LogP contribution < -0.4 is 5.32 Å². The highest BCUT2D eigenvalue weighted by Gasteiger charge is 2.10. The van der Waals surface area contributed by atoms with Crippen LogP contribution in [-0.2, 0) is 4.74 Å². The minimum atomic E-state index is -0.466. The van der Waals surface area contributed by atoms with Crippen molar-refractivity contribution in [3.05, 3.63) is 59.2 Å². The predicted molar refractivity (Wildman–Crippen MR) is 78.6 cm³/mol. The number of hydrogen-bond acceptors (Lipinski definition) is 4. The number of rotatable bonds is 3. The van der Waals surface area contributed by atoms with Crippen molar-refractivity contribution < 1.29 is 19.4 Å². The molecule has 2 N–H and O–H groups in total. The molecule has 2 aromatic rings. The van der Waals surface area contributed by atoms with Crippen molar-refractivity contribution in [1.82, 2.24) is 0 Å². The number of methoxy groups -OCH3 is 1. The molecule has 0 radical (unpaired) electrons. The number of aryl methyl sites for hydroxylation is 1. The van der Waals surface area contributed by atoms with E-state index < -0.39 is 5.97 Å². The third-order valence-corrected chi connectivity index (χ3v) is 3.00. The second-order valence-electron chi connectivity index (χ2n) is 4.53. The molecule has 0 aromatic heterocycles. The lowest BCUT2D eigenvalue weighted by molar-refractivity contribution is 0.0600. The molecule has 0 unspecified atom stereocenters. The summed E-state index contributed by atoms with van der Waals surface area (Å²) in [6, 6.07) is 11.1. The number of aromatic hydroxyl groups is 1. The van der Waals surface area contributed by atoms with Gasteiger partial charge in [-0.25, -0.2) is 4.79 Å². The fraction of sp³-hybridized carbons (Fsp3) is 0.125. The molecule has 5 nitrogen and oxygen atoms in total. The predicted octanol–water partition coefficient (Wildman–Crippen LogP) is 2.74. The van der Waals surface area contributed by atoms with Crippen LogP contribution in [0.15, 0.2) is 42.5 Å². The normalized spacial score (nSPS) is 10.0. The van der Waals surface area contributed by atoms with E-state index in [1.807, 2.05) is 0 Å². The lowest BCUT2D eigenvalue weighted by Crippen LogP contribution is -2.12. The molecule has 0 aliphatic heterocycles. The van der Waals surface area contributed by atoms with E-state index in [1.54, 1.807) is 31.2 Å². The molecule has 5 heteroatoms. The third kappa shape index (κ3) is 3.39. The van der Waals surface area contributed by atoms with Gasteiger partial charge in [-0.3, -0.25) is 4.79 Å². The average Bonchev–Trinajstić information content (AvgIpc) is 2.49. The summed E-state index contributed by atoms with van der Waals surface area (Å²) in [7, 11) is 1.30. The smallest absolute Gasteiger partial charge is 0.337 e. The molecule has 0 aliphatic carbocycles. The summed E-state index contributed by atoms with van der Waals surface area (Å²) in [5.74, 6) is -0.647. The molecule has 0 atom stereocenters. The number of ether oxygens (including phenoxy) is 1. The SMILES string of the molecule is COC(=O)c1cccc(NC(=O)c2ccc(O)c(C)c2)c1. The van der Waals surface area contributed by atoms with E-state index in [2.05, 4.69) is 10.1 Å². The van der Waals surface area contributed by atoms with Crippen LogP contribution in [-0.4, -0.2) is 24.1 Å². The van der Waals surface area contributed by atoms with Gasteiger partial charge < -0.3 is 15.2 Å². The number of amides is 1. The molecule has 2 aromatic carbocycles. The van der Waals surface area contributed by atoms with Gasteiger partial charge in [0.15, 0.2) is 0 Å². The first-order valence-electron chi connectivity index (χ1n) is 6.30. The summed E-state index contributed by atoms with van der Waals surface area (Å²) in [4.78, 5) is 23.6. The topological polar surface area (TPSA) is 75.6 Å². The standard InChI is InChI=1S/C16H15NO4/c1-10-8-11(6-7-14(10)18)15(19)17-13-5-3-4-12(9-13)16(20)21-2/h3-9,18H,1-2H3,(H,17,19). The number of carbonyl (C=O) groups is 2. The van der Waals surface area contributed by atoms with Crippen molar-refractivity contribution in [2.45, 2.75) is 6.92 Å². The number of hydrogen-bond donors (Lipinski definition) is 2. The Kier molecular flexibility index (Phi) is 4.23. The van der Waals surface area contributed by atoms with Gasteiger partial charge in [0.25, 0.3) is 5.91 Å². The van der Waals surface area contributed by atoms with Crippen molar-refractivity contribution >= 4 is 17.6 Å². The first-order valence-corrected chi connectivity index (χ1v) is 6.30. The fourth-order valence-electron chi connectivity index (χ4n) is 1.84. The Balaban J connectivity index is 2.19. The van der Waals surface area contributed by atoms with Gasteiger partial charge in [0, 0.05) is 11.3 Å². The molecule has 0 bridgehead atoms. The summed E-state index contributed by atoms with van der Waals surface area (Å²) >= 11 is 0. The fourth-order valence-corrected chi connectivity index (χ4v) is 1.84. The second kappa shape index (κ2) is 6.09. The largest absolute Gasteiger partial charge is 0.508 e. The van der Waals surface area contributed by atoms with E-state index in [4.69, 9.17) is 0 Å². The zero-order chi connectivity index (χ0) is 15.4. The maximum Gasteiger partial charge on any atom is 0.337 e. The Labute approximate surface area is 122 Å². The number of benzene rings is 2.